The third-order valence-electron chi connectivity index (χ3n) is 2.45. The molecule has 0 radical (unpaired) electrons. The molecule has 0 aliphatic rings. The minimum Gasteiger partial charge on any atom is -0.497 e. The van der Waals surface area contributed by atoms with Crippen molar-refractivity contribution in [3.8, 4) is 11.6 Å². The highest BCUT2D eigenvalue weighted by molar-refractivity contribution is 5.36. The normalized spacial score (nSPS) is 10.3. The number of hydrogen-bond acceptors (Lipinski definition) is 2. The fourth-order valence-electron chi connectivity index (χ4n) is 1.68. The predicted molar refractivity (Wildman–Crippen MR) is 59.6 cm³/mol. The predicted octanol–water partition coefficient (Wildman–Crippen LogP) is 2.50. The molecule has 0 fully saturated rings. The van der Waals surface area contributed by atoms with E-state index < -0.39 is 0 Å². The number of pyridine rings is 1. The number of rotatable bonds is 2. The van der Waals surface area contributed by atoms with Crippen LogP contribution in [0.3, 0.4) is 0 Å². The maximum atomic E-state index is 5.18. The maximum absolute atomic E-state index is 5.18. The van der Waals surface area contributed by atoms with Crippen LogP contribution in [-0.4, -0.2) is 16.7 Å². The molecule has 0 N–H and O–H groups in total. The maximum Gasteiger partial charge on any atom is 0.140 e. The third-order valence-corrected chi connectivity index (χ3v) is 2.45. The minimum absolute atomic E-state index is 0.826. The van der Waals surface area contributed by atoms with Crippen LogP contribution in [0.1, 0.15) is 11.4 Å². The second kappa shape index (κ2) is 3.77. The van der Waals surface area contributed by atoms with Crippen molar-refractivity contribution >= 4 is 0 Å². The van der Waals surface area contributed by atoms with Crippen LogP contribution < -0.4 is 4.74 Å². The zero-order valence-electron chi connectivity index (χ0n) is 9.19. The van der Waals surface area contributed by atoms with Crippen molar-refractivity contribution < 1.29 is 4.74 Å². The molecule has 0 spiro atoms. The van der Waals surface area contributed by atoms with Gasteiger partial charge in [-0.05, 0) is 32.0 Å². The molecule has 0 aliphatic heterocycles. The van der Waals surface area contributed by atoms with E-state index in [1.807, 2.05) is 12.1 Å². The lowest BCUT2D eigenvalue weighted by molar-refractivity contribution is 0.414. The van der Waals surface area contributed by atoms with Crippen molar-refractivity contribution in [2.24, 2.45) is 0 Å². The van der Waals surface area contributed by atoms with E-state index in [2.05, 4.69) is 35.5 Å². The summed E-state index contributed by atoms with van der Waals surface area (Å²) in [7, 11) is 1.66. The third kappa shape index (κ3) is 1.73. The zero-order chi connectivity index (χ0) is 10.8. The monoisotopic (exact) mass is 202 g/mol. The molecule has 0 bridgehead atoms. The van der Waals surface area contributed by atoms with Crippen molar-refractivity contribution in [3.63, 3.8) is 0 Å². The largest absolute Gasteiger partial charge is 0.497 e. The van der Waals surface area contributed by atoms with Crippen molar-refractivity contribution in [1.82, 2.24) is 9.55 Å². The van der Waals surface area contributed by atoms with Gasteiger partial charge in [-0.3, -0.25) is 0 Å². The Kier molecular flexibility index (Phi) is 2.46. The fourth-order valence-corrected chi connectivity index (χ4v) is 1.68. The van der Waals surface area contributed by atoms with E-state index in [1.54, 1.807) is 13.3 Å². The molecule has 3 heteroatoms. The van der Waals surface area contributed by atoms with Crippen molar-refractivity contribution in [1.29, 1.82) is 0 Å². The van der Waals surface area contributed by atoms with Gasteiger partial charge in [0.05, 0.1) is 7.11 Å². The first-order valence-electron chi connectivity index (χ1n) is 4.88. The van der Waals surface area contributed by atoms with Crippen molar-refractivity contribution in [2.75, 3.05) is 7.11 Å². The molecular formula is C12H14N2O. The van der Waals surface area contributed by atoms with E-state index >= 15 is 0 Å². The molecule has 15 heavy (non-hydrogen) atoms. The van der Waals surface area contributed by atoms with E-state index in [-0.39, 0.29) is 0 Å². The van der Waals surface area contributed by atoms with Gasteiger partial charge in [0, 0.05) is 23.7 Å². The molecular weight excluding hydrogens is 188 g/mol. The first-order chi connectivity index (χ1) is 7.22. The highest BCUT2D eigenvalue weighted by atomic mass is 16.5. The second-order valence-electron chi connectivity index (χ2n) is 3.51. The average molecular weight is 202 g/mol. The highest BCUT2D eigenvalue weighted by Crippen LogP contribution is 2.18. The summed E-state index contributed by atoms with van der Waals surface area (Å²) in [5.41, 5.74) is 2.35. The second-order valence-corrected chi connectivity index (χ2v) is 3.51. The summed E-state index contributed by atoms with van der Waals surface area (Å²) < 4.78 is 7.28. The van der Waals surface area contributed by atoms with Gasteiger partial charge in [0.2, 0.25) is 0 Å². The summed E-state index contributed by atoms with van der Waals surface area (Å²) in [5, 5.41) is 0. The van der Waals surface area contributed by atoms with Crippen molar-refractivity contribution in [2.45, 2.75) is 13.8 Å². The fraction of sp³-hybridized carbons (Fsp3) is 0.250. The van der Waals surface area contributed by atoms with E-state index in [4.69, 9.17) is 4.74 Å². The van der Waals surface area contributed by atoms with Crippen LogP contribution in [0.25, 0.3) is 5.82 Å². The quantitative estimate of drug-likeness (QED) is 0.748. The summed E-state index contributed by atoms with van der Waals surface area (Å²) >= 11 is 0. The van der Waals surface area contributed by atoms with Gasteiger partial charge >= 0.3 is 0 Å². The van der Waals surface area contributed by atoms with Gasteiger partial charge in [-0.25, -0.2) is 4.98 Å². The van der Waals surface area contributed by atoms with E-state index in [0.717, 1.165) is 11.6 Å². The number of aromatic nitrogens is 2. The molecule has 0 saturated heterocycles. The molecule has 0 amide bonds. The van der Waals surface area contributed by atoms with Gasteiger partial charge in [0.1, 0.15) is 11.6 Å². The Labute approximate surface area is 89.3 Å². The summed E-state index contributed by atoms with van der Waals surface area (Å²) in [6, 6.07) is 7.94. The molecule has 0 aliphatic carbocycles. The van der Waals surface area contributed by atoms with Gasteiger partial charge in [-0.15, -0.1) is 0 Å². The standard InChI is InChI=1S/C12H14N2O/c1-9-4-5-10(2)14(9)12-8-11(15-3)6-7-13-12/h4-8H,1-3H3. The summed E-state index contributed by atoms with van der Waals surface area (Å²) in [4.78, 5) is 4.33. The number of hydrogen-bond donors (Lipinski definition) is 0. The molecule has 2 aromatic rings. The number of methoxy groups -OCH3 is 1. The molecule has 0 saturated carbocycles. The Morgan fingerprint density at radius 2 is 1.80 bits per heavy atom. The lowest BCUT2D eigenvalue weighted by Gasteiger charge is -2.09. The lowest BCUT2D eigenvalue weighted by Crippen LogP contribution is -2.01. The number of aryl methyl sites for hydroxylation is 2. The van der Waals surface area contributed by atoms with Crippen molar-refractivity contribution in [3.05, 3.63) is 41.9 Å². The van der Waals surface area contributed by atoms with E-state index in [0.29, 0.717) is 0 Å². The van der Waals surface area contributed by atoms with Crippen LogP contribution in [0, 0.1) is 13.8 Å². The molecule has 78 valence electrons. The van der Waals surface area contributed by atoms with Gasteiger partial charge in [0.15, 0.2) is 0 Å². The summed E-state index contributed by atoms with van der Waals surface area (Å²) in [6.45, 7) is 4.13. The molecule has 2 heterocycles. The smallest absolute Gasteiger partial charge is 0.140 e. The van der Waals surface area contributed by atoms with E-state index in [9.17, 15) is 0 Å². The Balaban J connectivity index is 2.53. The van der Waals surface area contributed by atoms with Gasteiger partial charge in [-0.1, -0.05) is 0 Å². The Morgan fingerprint density at radius 3 is 2.40 bits per heavy atom. The Hall–Kier alpha value is -1.77. The lowest BCUT2D eigenvalue weighted by atomic mass is 10.4. The van der Waals surface area contributed by atoms with Gasteiger partial charge in [0.25, 0.3) is 0 Å². The van der Waals surface area contributed by atoms with E-state index in [1.165, 1.54) is 11.4 Å². The van der Waals surface area contributed by atoms with Crippen LogP contribution in [-0.2, 0) is 0 Å². The van der Waals surface area contributed by atoms with Gasteiger partial charge < -0.3 is 9.30 Å². The Bertz CT molecular complexity index is 455. The number of ether oxygens (including phenoxy) is 1. The first kappa shape index (κ1) is 9.77. The number of nitrogens with zero attached hydrogens (tertiary/aromatic N) is 2. The van der Waals surface area contributed by atoms with Crippen LogP contribution in [0.2, 0.25) is 0 Å². The highest BCUT2D eigenvalue weighted by Gasteiger charge is 2.05. The first-order valence-corrected chi connectivity index (χ1v) is 4.88. The topological polar surface area (TPSA) is 27.1 Å². The molecule has 3 nitrogen and oxygen atoms in total. The molecule has 2 rings (SSSR count). The van der Waals surface area contributed by atoms with Crippen LogP contribution in [0.5, 0.6) is 5.75 Å². The zero-order valence-corrected chi connectivity index (χ0v) is 9.19. The van der Waals surface area contributed by atoms with Crippen LogP contribution in [0.15, 0.2) is 30.5 Å². The van der Waals surface area contributed by atoms with Gasteiger partial charge in [-0.2, -0.15) is 0 Å². The molecule has 0 aromatic carbocycles. The molecule has 2 aromatic heterocycles. The molecule has 0 atom stereocenters. The van der Waals surface area contributed by atoms with Crippen LogP contribution in [0.4, 0.5) is 0 Å². The summed E-state index contributed by atoms with van der Waals surface area (Å²) in [6.07, 6.45) is 1.76. The average Bonchev–Trinajstić information content (AvgIpc) is 2.59. The Morgan fingerprint density at radius 1 is 1.13 bits per heavy atom. The van der Waals surface area contributed by atoms with Crippen LogP contribution >= 0.6 is 0 Å². The SMILES string of the molecule is COc1ccnc(-n2c(C)ccc2C)c1. The summed E-state index contributed by atoms with van der Waals surface area (Å²) in [5.74, 6) is 1.72. The molecule has 0 unspecified atom stereocenters. The minimum atomic E-state index is 0.826.